The molecule has 1 amide bonds. The first kappa shape index (κ1) is 15.4. The van der Waals surface area contributed by atoms with E-state index in [4.69, 9.17) is 0 Å². The number of benzene rings is 2. The minimum absolute atomic E-state index is 0.00997. The minimum atomic E-state index is -0.545. The van der Waals surface area contributed by atoms with Crippen LogP contribution < -0.4 is 5.32 Å². The number of amides is 1. The van der Waals surface area contributed by atoms with Gasteiger partial charge in [-0.25, -0.2) is 9.37 Å². The topological polar surface area (TPSA) is 42.0 Å². The van der Waals surface area contributed by atoms with E-state index >= 15 is 0 Å². The van der Waals surface area contributed by atoms with E-state index < -0.39 is 11.7 Å². The van der Waals surface area contributed by atoms with Gasteiger partial charge in [0.1, 0.15) is 5.82 Å². The Bertz CT molecular complexity index is 873. The van der Waals surface area contributed by atoms with Crippen molar-refractivity contribution >= 4 is 22.4 Å². The van der Waals surface area contributed by atoms with Gasteiger partial charge < -0.3 is 0 Å². The fourth-order valence-corrected chi connectivity index (χ4v) is 3.07. The molecule has 116 valence electrons. The summed E-state index contributed by atoms with van der Waals surface area (Å²) >= 11 is 1.32. The van der Waals surface area contributed by atoms with Gasteiger partial charge in [0.2, 0.25) is 0 Å². The Morgan fingerprint density at radius 2 is 1.96 bits per heavy atom. The van der Waals surface area contributed by atoms with Gasteiger partial charge in [0.05, 0.1) is 11.3 Å². The highest BCUT2D eigenvalue weighted by atomic mass is 32.1. The molecule has 3 rings (SSSR count). The smallest absolute Gasteiger partial charge is 0.260 e. The molecule has 0 radical (unpaired) electrons. The summed E-state index contributed by atoms with van der Waals surface area (Å²) in [6.07, 6.45) is 0. The van der Waals surface area contributed by atoms with E-state index in [2.05, 4.69) is 16.4 Å². The predicted octanol–water partition coefficient (Wildman–Crippen LogP) is 4.82. The molecule has 0 saturated carbocycles. The van der Waals surface area contributed by atoms with Crippen molar-refractivity contribution in [2.24, 2.45) is 0 Å². The summed E-state index contributed by atoms with van der Waals surface area (Å²) in [4.78, 5) is 16.5. The van der Waals surface area contributed by atoms with E-state index in [1.165, 1.54) is 29.0 Å². The quantitative estimate of drug-likeness (QED) is 0.750. The molecular formula is C18H15FN2OS. The van der Waals surface area contributed by atoms with Crippen LogP contribution in [0.2, 0.25) is 0 Å². The van der Waals surface area contributed by atoms with Gasteiger partial charge in [-0.3, -0.25) is 10.1 Å². The van der Waals surface area contributed by atoms with Gasteiger partial charge in [0.15, 0.2) is 5.13 Å². The summed E-state index contributed by atoms with van der Waals surface area (Å²) in [5.41, 5.74) is 4.15. The van der Waals surface area contributed by atoms with Crippen LogP contribution >= 0.6 is 11.3 Å². The molecule has 0 aliphatic carbocycles. The molecule has 0 unspecified atom stereocenters. The summed E-state index contributed by atoms with van der Waals surface area (Å²) in [5, 5.41) is 4.98. The number of aryl methyl sites for hydroxylation is 2. The first-order valence-electron chi connectivity index (χ1n) is 7.13. The van der Waals surface area contributed by atoms with Crippen molar-refractivity contribution in [1.82, 2.24) is 4.98 Å². The number of nitrogens with zero attached hydrogens (tertiary/aromatic N) is 1. The number of halogens is 1. The van der Waals surface area contributed by atoms with E-state index in [1.807, 2.05) is 31.4 Å². The molecule has 0 aliphatic heterocycles. The lowest BCUT2D eigenvalue weighted by Gasteiger charge is -2.04. The summed E-state index contributed by atoms with van der Waals surface area (Å²) in [5.74, 6) is -1.04. The number of hydrogen-bond acceptors (Lipinski definition) is 3. The summed E-state index contributed by atoms with van der Waals surface area (Å²) in [7, 11) is 0. The third-order valence-electron chi connectivity index (χ3n) is 3.50. The second-order valence-corrected chi connectivity index (χ2v) is 6.15. The van der Waals surface area contributed by atoms with Crippen LogP contribution in [-0.2, 0) is 0 Å². The molecule has 0 spiro atoms. The molecule has 3 nitrogen and oxygen atoms in total. The van der Waals surface area contributed by atoms with E-state index in [1.54, 1.807) is 12.1 Å². The molecule has 1 aromatic heterocycles. The van der Waals surface area contributed by atoms with E-state index in [9.17, 15) is 9.18 Å². The number of nitrogens with one attached hydrogen (secondary N) is 1. The molecule has 3 aromatic rings. The standard InChI is InChI=1S/C18H15FN2OS/c1-11-7-8-13(12(2)9-11)16-10-23-18(20-16)21-17(22)14-5-3-4-6-15(14)19/h3-10H,1-2H3,(H,20,21,22). The van der Waals surface area contributed by atoms with Crippen LogP contribution in [0.5, 0.6) is 0 Å². The maximum absolute atomic E-state index is 13.6. The highest BCUT2D eigenvalue weighted by Gasteiger charge is 2.14. The number of anilines is 1. The first-order chi connectivity index (χ1) is 11.0. The summed E-state index contributed by atoms with van der Waals surface area (Å²) < 4.78 is 13.6. The molecule has 5 heteroatoms. The fraction of sp³-hybridized carbons (Fsp3) is 0.111. The second-order valence-electron chi connectivity index (χ2n) is 5.29. The maximum Gasteiger partial charge on any atom is 0.260 e. The SMILES string of the molecule is Cc1ccc(-c2csc(NC(=O)c3ccccc3F)n2)c(C)c1. The Morgan fingerprint density at radius 3 is 2.70 bits per heavy atom. The number of carbonyl (C=O) groups excluding carboxylic acids is 1. The highest BCUT2D eigenvalue weighted by Crippen LogP contribution is 2.28. The minimum Gasteiger partial charge on any atom is -0.298 e. The van der Waals surface area contributed by atoms with Gasteiger partial charge in [-0.1, -0.05) is 35.9 Å². The number of thiazole rings is 1. The Morgan fingerprint density at radius 1 is 1.17 bits per heavy atom. The van der Waals surface area contributed by atoms with Crippen LogP contribution in [0.3, 0.4) is 0 Å². The lowest BCUT2D eigenvalue weighted by atomic mass is 10.0. The van der Waals surface area contributed by atoms with Crippen LogP contribution in [0, 0.1) is 19.7 Å². The summed E-state index contributed by atoms with van der Waals surface area (Å²) in [6.45, 7) is 4.07. The molecule has 1 heterocycles. The normalized spacial score (nSPS) is 10.6. The molecule has 2 aromatic carbocycles. The Kier molecular flexibility index (Phi) is 4.21. The zero-order valence-electron chi connectivity index (χ0n) is 12.8. The highest BCUT2D eigenvalue weighted by molar-refractivity contribution is 7.14. The van der Waals surface area contributed by atoms with Crippen LogP contribution in [-0.4, -0.2) is 10.9 Å². The van der Waals surface area contributed by atoms with Crippen LogP contribution in [0.15, 0.2) is 47.8 Å². The van der Waals surface area contributed by atoms with Crippen LogP contribution in [0.4, 0.5) is 9.52 Å². The molecular weight excluding hydrogens is 311 g/mol. The third-order valence-corrected chi connectivity index (χ3v) is 4.26. The zero-order chi connectivity index (χ0) is 16.4. The first-order valence-corrected chi connectivity index (χ1v) is 8.01. The lowest BCUT2D eigenvalue weighted by Crippen LogP contribution is -2.13. The average molecular weight is 326 g/mol. The monoisotopic (exact) mass is 326 g/mol. The van der Waals surface area contributed by atoms with Gasteiger partial charge in [0, 0.05) is 10.9 Å². The molecule has 23 heavy (non-hydrogen) atoms. The molecule has 0 bridgehead atoms. The van der Waals surface area contributed by atoms with Crippen molar-refractivity contribution in [3.05, 3.63) is 70.4 Å². The Labute approximate surface area is 137 Å². The van der Waals surface area contributed by atoms with Crippen molar-refractivity contribution in [1.29, 1.82) is 0 Å². The molecule has 0 aliphatic rings. The van der Waals surface area contributed by atoms with Crippen molar-refractivity contribution in [2.75, 3.05) is 5.32 Å². The molecule has 0 atom stereocenters. The fourth-order valence-electron chi connectivity index (χ4n) is 2.37. The van der Waals surface area contributed by atoms with E-state index in [0.717, 1.165) is 16.8 Å². The Balaban J connectivity index is 1.82. The van der Waals surface area contributed by atoms with E-state index in [-0.39, 0.29) is 5.56 Å². The van der Waals surface area contributed by atoms with Crippen molar-refractivity contribution in [3.63, 3.8) is 0 Å². The largest absolute Gasteiger partial charge is 0.298 e. The van der Waals surface area contributed by atoms with Gasteiger partial charge in [-0.05, 0) is 31.5 Å². The third kappa shape index (κ3) is 3.29. The van der Waals surface area contributed by atoms with Crippen molar-refractivity contribution in [2.45, 2.75) is 13.8 Å². The van der Waals surface area contributed by atoms with Gasteiger partial charge in [-0.15, -0.1) is 11.3 Å². The lowest BCUT2D eigenvalue weighted by molar-refractivity contribution is 0.102. The Hall–Kier alpha value is -2.53. The molecule has 0 fully saturated rings. The maximum atomic E-state index is 13.6. The second kappa shape index (κ2) is 6.30. The van der Waals surface area contributed by atoms with Crippen LogP contribution in [0.1, 0.15) is 21.5 Å². The van der Waals surface area contributed by atoms with Crippen molar-refractivity contribution < 1.29 is 9.18 Å². The van der Waals surface area contributed by atoms with Gasteiger partial charge in [-0.2, -0.15) is 0 Å². The van der Waals surface area contributed by atoms with E-state index in [0.29, 0.717) is 5.13 Å². The number of hydrogen-bond donors (Lipinski definition) is 1. The molecule has 0 saturated heterocycles. The molecule has 1 N–H and O–H groups in total. The number of rotatable bonds is 3. The average Bonchev–Trinajstić information content (AvgIpc) is 2.95. The van der Waals surface area contributed by atoms with Crippen molar-refractivity contribution in [3.8, 4) is 11.3 Å². The predicted molar refractivity (Wildman–Crippen MR) is 91.4 cm³/mol. The number of carbonyl (C=O) groups is 1. The van der Waals surface area contributed by atoms with Gasteiger partial charge >= 0.3 is 0 Å². The van der Waals surface area contributed by atoms with Crippen LogP contribution in [0.25, 0.3) is 11.3 Å². The summed E-state index contributed by atoms with van der Waals surface area (Å²) in [6, 6.07) is 12.0. The van der Waals surface area contributed by atoms with Gasteiger partial charge in [0.25, 0.3) is 5.91 Å². The zero-order valence-corrected chi connectivity index (χ0v) is 13.6. The number of aromatic nitrogens is 1.